The Kier molecular flexibility index (Phi) is 5.45. The Morgan fingerprint density at radius 3 is 2.68 bits per heavy atom. The van der Waals surface area contributed by atoms with Crippen molar-refractivity contribution in [2.24, 2.45) is 0 Å². The highest BCUT2D eigenvalue weighted by molar-refractivity contribution is 7.89. The minimum atomic E-state index is -3.80. The van der Waals surface area contributed by atoms with Crippen LogP contribution in [-0.2, 0) is 10.0 Å². The molecular weight excluding hydrogens is 365 g/mol. The van der Waals surface area contributed by atoms with Crippen molar-refractivity contribution in [3.8, 4) is 0 Å². The third-order valence-corrected chi connectivity index (χ3v) is 6.28. The molecule has 3 rings (SSSR count). The van der Waals surface area contributed by atoms with E-state index in [-0.39, 0.29) is 16.5 Å². The molecule has 0 bridgehead atoms. The molecule has 25 heavy (non-hydrogen) atoms. The lowest BCUT2D eigenvalue weighted by Gasteiger charge is -2.22. The molecular formula is C16H18FN3O3S2. The SMILES string of the molecule is O=C(Nc1nccs1)c1cc(S(=O)(=O)NC2CCCCC2)ccc1F. The van der Waals surface area contributed by atoms with Gasteiger partial charge in [0.15, 0.2) is 5.13 Å². The van der Waals surface area contributed by atoms with Gasteiger partial charge in [0, 0.05) is 17.6 Å². The molecule has 1 heterocycles. The van der Waals surface area contributed by atoms with Crippen LogP contribution in [0.1, 0.15) is 42.5 Å². The number of sulfonamides is 1. The lowest BCUT2D eigenvalue weighted by molar-refractivity contribution is 0.102. The fourth-order valence-electron chi connectivity index (χ4n) is 2.80. The molecule has 1 fully saturated rings. The van der Waals surface area contributed by atoms with Crippen molar-refractivity contribution in [2.45, 2.75) is 43.0 Å². The largest absolute Gasteiger partial charge is 0.298 e. The van der Waals surface area contributed by atoms with Crippen LogP contribution in [0.2, 0.25) is 0 Å². The Labute approximate surface area is 149 Å². The summed E-state index contributed by atoms with van der Waals surface area (Å²) in [6.07, 6.45) is 6.16. The van der Waals surface area contributed by atoms with E-state index in [0.29, 0.717) is 5.13 Å². The fraction of sp³-hybridized carbons (Fsp3) is 0.375. The van der Waals surface area contributed by atoms with Crippen LogP contribution in [0, 0.1) is 5.82 Å². The number of nitrogens with zero attached hydrogens (tertiary/aromatic N) is 1. The highest BCUT2D eigenvalue weighted by Crippen LogP contribution is 2.22. The zero-order chi connectivity index (χ0) is 17.9. The smallest absolute Gasteiger partial charge is 0.260 e. The van der Waals surface area contributed by atoms with E-state index in [1.165, 1.54) is 23.6 Å². The molecule has 9 heteroatoms. The number of aromatic nitrogens is 1. The van der Waals surface area contributed by atoms with E-state index in [1.807, 2.05) is 0 Å². The number of hydrogen-bond donors (Lipinski definition) is 2. The van der Waals surface area contributed by atoms with E-state index in [2.05, 4.69) is 15.0 Å². The number of nitrogens with one attached hydrogen (secondary N) is 2. The summed E-state index contributed by atoms with van der Waals surface area (Å²) >= 11 is 1.19. The first-order valence-corrected chi connectivity index (χ1v) is 10.3. The Morgan fingerprint density at radius 2 is 2.00 bits per heavy atom. The van der Waals surface area contributed by atoms with Crippen LogP contribution in [0.25, 0.3) is 0 Å². The Bertz CT molecular complexity index is 848. The molecule has 6 nitrogen and oxygen atoms in total. The van der Waals surface area contributed by atoms with Crippen LogP contribution in [-0.4, -0.2) is 25.4 Å². The summed E-state index contributed by atoms with van der Waals surface area (Å²) < 4.78 is 41.7. The van der Waals surface area contributed by atoms with Gasteiger partial charge in [0.2, 0.25) is 10.0 Å². The molecule has 134 valence electrons. The molecule has 2 aromatic rings. The number of carbonyl (C=O) groups excluding carboxylic acids is 1. The Hall–Kier alpha value is -1.84. The van der Waals surface area contributed by atoms with Gasteiger partial charge in [-0.15, -0.1) is 11.3 Å². The van der Waals surface area contributed by atoms with E-state index >= 15 is 0 Å². The normalized spacial score (nSPS) is 15.9. The van der Waals surface area contributed by atoms with Crippen molar-refractivity contribution in [3.05, 3.63) is 41.2 Å². The van der Waals surface area contributed by atoms with Crippen molar-refractivity contribution >= 4 is 32.4 Å². The highest BCUT2D eigenvalue weighted by Gasteiger charge is 2.24. The molecule has 1 aliphatic carbocycles. The number of rotatable bonds is 5. The van der Waals surface area contributed by atoms with Crippen LogP contribution in [0.5, 0.6) is 0 Å². The van der Waals surface area contributed by atoms with Crippen LogP contribution >= 0.6 is 11.3 Å². The Morgan fingerprint density at radius 1 is 1.24 bits per heavy atom. The maximum atomic E-state index is 14.0. The minimum absolute atomic E-state index is 0.114. The highest BCUT2D eigenvalue weighted by atomic mass is 32.2. The number of anilines is 1. The summed E-state index contributed by atoms with van der Waals surface area (Å²) in [5.41, 5.74) is -0.332. The second kappa shape index (κ2) is 7.59. The number of thiazole rings is 1. The average molecular weight is 383 g/mol. The van der Waals surface area contributed by atoms with Gasteiger partial charge in [-0.3, -0.25) is 10.1 Å². The second-order valence-corrected chi connectivity index (χ2v) is 8.50. The van der Waals surface area contributed by atoms with Gasteiger partial charge in [-0.05, 0) is 31.0 Å². The molecule has 0 atom stereocenters. The summed E-state index contributed by atoms with van der Waals surface area (Å²) in [6, 6.07) is 3.10. The maximum Gasteiger partial charge on any atom is 0.260 e. The van der Waals surface area contributed by atoms with Crippen molar-refractivity contribution in [1.29, 1.82) is 0 Å². The van der Waals surface area contributed by atoms with Crippen LogP contribution in [0.15, 0.2) is 34.7 Å². The third kappa shape index (κ3) is 4.42. The van der Waals surface area contributed by atoms with Crippen molar-refractivity contribution in [1.82, 2.24) is 9.71 Å². The summed E-state index contributed by atoms with van der Waals surface area (Å²) in [6.45, 7) is 0. The number of halogens is 1. The average Bonchev–Trinajstić information content (AvgIpc) is 3.08. The lowest BCUT2D eigenvalue weighted by atomic mass is 9.96. The minimum Gasteiger partial charge on any atom is -0.298 e. The zero-order valence-corrected chi connectivity index (χ0v) is 15.0. The number of hydrogen-bond acceptors (Lipinski definition) is 5. The van der Waals surface area contributed by atoms with E-state index in [1.54, 1.807) is 5.38 Å². The van der Waals surface area contributed by atoms with Gasteiger partial charge in [0.05, 0.1) is 10.5 Å². The molecule has 1 aliphatic rings. The summed E-state index contributed by atoms with van der Waals surface area (Å²) in [7, 11) is -3.80. The van der Waals surface area contributed by atoms with Crippen molar-refractivity contribution < 1.29 is 17.6 Å². The van der Waals surface area contributed by atoms with Gasteiger partial charge in [-0.25, -0.2) is 22.5 Å². The van der Waals surface area contributed by atoms with Crippen molar-refractivity contribution in [3.63, 3.8) is 0 Å². The molecule has 1 amide bonds. The van der Waals surface area contributed by atoms with Gasteiger partial charge in [0.25, 0.3) is 5.91 Å². The first-order chi connectivity index (χ1) is 12.0. The molecule has 1 aromatic heterocycles. The van der Waals surface area contributed by atoms with E-state index in [4.69, 9.17) is 0 Å². The summed E-state index contributed by atoms with van der Waals surface area (Å²) in [5, 5.41) is 4.44. The third-order valence-electron chi connectivity index (χ3n) is 4.07. The first-order valence-electron chi connectivity index (χ1n) is 7.98. The molecule has 1 saturated carbocycles. The molecule has 0 aliphatic heterocycles. The number of carbonyl (C=O) groups is 1. The molecule has 1 aromatic carbocycles. The molecule has 0 saturated heterocycles. The summed E-state index contributed by atoms with van der Waals surface area (Å²) in [4.78, 5) is 16.0. The Balaban J connectivity index is 1.81. The molecule has 0 spiro atoms. The van der Waals surface area contributed by atoms with Crippen LogP contribution < -0.4 is 10.0 Å². The molecule has 2 N–H and O–H groups in total. The monoisotopic (exact) mass is 383 g/mol. The standard InChI is InChI=1S/C16H18FN3O3S2/c17-14-7-6-12(25(22,23)20-11-4-2-1-3-5-11)10-13(14)15(21)19-16-18-8-9-24-16/h6-11,20H,1-5H2,(H,18,19,21). The van der Waals surface area contributed by atoms with Crippen LogP contribution in [0.4, 0.5) is 9.52 Å². The van der Waals surface area contributed by atoms with Gasteiger partial charge >= 0.3 is 0 Å². The quantitative estimate of drug-likeness (QED) is 0.830. The predicted molar refractivity (Wildman–Crippen MR) is 93.7 cm³/mol. The predicted octanol–water partition coefficient (Wildman–Crippen LogP) is 3.15. The van der Waals surface area contributed by atoms with Gasteiger partial charge in [-0.2, -0.15) is 0 Å². The van der Waals surface area contributed by atoms with Crippen molar-refractivity contribution in [2.75, 3.05) is 5.32 Å². The van der Waals surface area contributed by atoms with Gasteiger partial charge < -0.3 is 0 Å². The summed E-state index contributed by atoms with van der Waals surface area (Å²) in [5.74, 6) is -1.52. The van der Waals surface area contributed by atoms with Crippen LogP contribution in [0.3, 0.4) is 0 Å². The number of amides is 1. The molecule has 0 unspecified atom stereocenters. The molecule has 0 radical (unpaired) electrons. The lowest BCUT2D eigenvalue weighted by Crippen LogP contribution is -2.36. The van der Waals surface area contributed by atoms with E-state index in [9.17, 15) is 17.6 Å². The first kappa shape index (κ1) is 18.0. The zero-order valence-electron chi connectivity index (χ0n) is 13.4. The van der Waals surface area contributed by atoms with Gasteiger partial charge in [-0.1, -0.05) is 19.3 Å². The van der Waals surface area contributed by atoms with Gasteiger partial charge in [0.1, 0.15) is 5.82 Å². The second-order valence-electron chi connectivity index (χ2n) is 5.89. The number of benzene rings is 1. The fourth-order valence-corrected chi connectivity index (χ4v) is 4.66. The maximum absolute atomic E-state index is 14.0. The topological polar surface area (TPSA) is 88.2 Å². The van der Waals surface area contributed by atoms with E-state index < -0.39 is 21.7 Å². The van der Waals surface area contributed by atoms with E-state index in [0.717, 1.165) is 44.2 Å².